The average molecular weight is 589 g/mol. The van der Waals surface area contributed by atoms with Crippen LogP contribution in [0.4, 0.5) is 14.4 Å². The second-order valence-electron chi connectivity index (χ2n) is 8.67. The minimum atomic E-state index is -0.424. The number of carbonyl (C=O) groups is 3. The summed E-state index contributed by atoms with van der Waals surface area (Å²) >= 11 is 0. The Bertz CT molecular complexity index is 1120. The molecule has 15 nitrogen and oxygen atoms in total. The van der Waals surface area contributed by atoms with Crippen LogP contribution in [0.1, 0.15) is 52.8 Å². The second kappa shape index (κ2) is 21.2. The molecule has 0 bridgehead atoms. The zero-order valence-electron chi connectivity index (χ0n) is 23.4. The molecule has 2 N–H and O–H groups in total. The van der Waals surface area contributed by atoms with E-state index in [-0.39, 0.29) is 20.7 Å². The van der Waals surface area contributed by atoms with Crippen molar-refractivity contribution in [1.82, 2.24) is 38.2 Å². The van der Waals surface area contributed by atoms with Gasteiger partial charge in [0.1, 0.15) is 25.3 Å². The van der Waals surface area contributed by atoms with Gasteiger partial charge in [-0.15, -0.1) is 0 Å². The number of hydrogen-bond donors (Lipinski definition) is 2. The molecule has 0 atom stereocenters. The summed E-state index contributed by atoms with van der Waals surface area (Å²) in [6.45, 7) is 1.30. The summed E-state index contributed by atoms with van der Waals surface area (Å²) in [5.41, 5.74) is 0. The van der Waals surface area contributed by atoms with Gasteiger partial charge in [-0.1, -0.05) is 12.8 Å². The zero-order chi connectivity index (χ0) is 30.3. The van der Waals surface area contributed by atoms with Crippen molar-refractivity contribution in [1.29, 1.82) is 0 Å². The molecular formula is C27H40N8O7. The summed E-state index contributed by atoms with van der Waals surface area (Å²) in [6.07, 6.45) is 24.4. The van der Waals surface area contributed by atoms with E-state index in [0.29, 0.717) is 13.2 Å². The lowest BCUT2D eigenvalue weighted by atomic mass is 10.2. The molecule has 4 rings (SSSR count). The van der Waals surface area contributed by atoms with Gasteiger partial charge < -0.3 is 19.7 Å². The molecule has 42 heavy (non-hydrogen) atoms. The molecule has 4 heterocycles. The van der Waals surface area contributed by atoms with Crippen molar-refractivity contribution in [2.75, 3.05) is 26.4 Å². The van der Waals surface area contributed by atoms with Gasteiger partial charge in [-0.05, 0) is 38.5 Å². The predicted molar refractivity (Wildman–Crippen MR) is 152 cm³/mol. The highest BCUT2D eigenvalue weighted by Gasteiger charge is 2.06. The fourth-order valence-electron chi connectivity index (χ4n) is 3.21. The molecule has 0 amide bonds. The van der Waals surface area contributed by atoms with Crippen molar-refractivity contribution in [3.8, 4) is 0 Å². The molecule has 0 saturated carbocycles. The number of nitrogens with zero attached hydrogens (tertiary/aromatic N) is 8. The number of ether oxygens (including phenoxy) is 2. The van der Waals surface area contributed by atoms with Gasteiger partial charge in [0.2, 0.25) is 0 Å². The van der Waals surface area contributed by atoms with Crippen LogP contribution in [0, 0.1) is 0 Å². The molecule has 0 saturated heterocycles. The highest BCUT2D eigenvalue weighted by atomic mass is 16.6. The van der Waals surface area contributed by atoms with Gasteiger partial charge in [0.05, 0.1) is 13.2 Å². The van der Waals surface area contributed by atoms with Crippen molar-refractivity contribution in [2.24, 2.45) is 0 Å². The van der Waals surface area contributed by atoms with Crippen molar-refractivity contribution in [3.63, 3.8) is 0 Å². The predicted octanol–water partition coefficient (Wildman–Crippen LogP) is 3.68. The maximum absolute atomic E-state index is 11.5. The molecule has 0 unspecified atom stereocenters. The molecule has 0 aliphatic rings. The third-order valence-electron chi connectivity index (χ3n) is 5.44. The van der Waals surface area contributed by atoms with Crippen LogP contribution in [0.3, 0.4) is 0 Å². The van der Waals surface area contributed by atoms with Gasteiger partial charge >= 0.3 is 18.2 Å². The van der Waals surface area contributed by atoms with Crippen LogP contribution in [0.25, 0.3) is 0 Å². The van der Waals surface area contributed by atoms with E-state index in [9.17, 15) is 14.4 Å². The quantitative estimate of drug-likeness (QED) is 0.230. The third kappa shape index (κ3) is 13.6. The van der Waals surface area contributed by atoms with Crippen LogP contribution in [0.15, 0.2) is 74.9 Å². The number of aromatic nitrogens is 8. The lowest BCUT2D eigenvalue weighted by Gasteiger charge is -2.06. The molecule has 4 aromatic rings. The van der Waals surface area contributed by atoms with E-state index in [0.717, 1.165) is 51.4 Å². The fraction of sp³-hybridized carbons (Fsp3) is 0.444. The van der Waals surface area contributed by atoms with Crippen LogP contribution in [-0.4, -0.2) is 93.1 Å². The van der Waals surface area contributed by atoms with Crippen LogP contribution in [0.2, 0.25) is 0 Å². The lowest BCUT2D eigenvalue weighted by molar-refractivity contribution is 0.140. The Hall–Kier alpha value is -4.63. The van der Waals surface area contributed by atoms with Crippen LogP contribution in [0.5, 0.6) is 0 Å². The maximum atomic E-state index is 11.5. The minimum Gasteiger partial charge on any atom is -0.449 e. The molecule has 0 fully saturated rings. The van der Waals surface area contributed by atoms with E-state index in [1.807, 2.05) is 0 Å². The highest BCUT2D eigenvalue weighted by molar-refractivity contribution is 5.78. The Morgan fingerprint density at radius 2 is 0.857 bits per heavy atom. The van der Waals surface area contributed by atoms with E-state index in [2.05, 4.69) is 19.9 Å². The highest BCUT2D eigenvalue weighted by Crippen LogP contribution is 2.02. The Labute approximate surface area is 244 Å². The minimum absolute atomic E-state index is 0. The molecule has 0 aliphatic heterocycles. The van der Waals surface area contributed by atoms with E-state index >= 15 is 0 Å². The number of carbonyl (C=O) groups excluding carboxylic acids is 3. The molecule has 0 aromatic carbocycles. The Kier molecular flexibility index (Phi) is 16.9. The first-order valence-corrected chi connectivity index (χ1v) is 13.6. The Morgan fingerprint density at radius 3 is 1.17 bits per heavy atom. The van der Waals surface area contributed by atoms with Gasteiger partial charge in [0.25, 0.3) is 0 Å². The van der Waals surface area contributed by atoms with Crippen molar-refractivity contribution < 1.29 is 35.5 Å². The van der Waals surface area contributed by atoms with E-state index in [1.165, 1.54) is 68.4 Å². The Morgan fingerprint density at radius 1 is 0.524 bits per heavy atom. The van der Waals surface area contributed by atoms with Crippen molar-refractivity contribution in [2.45, 2.75) is 51.4 Å². The molecular weight excluding hydrogens is 548 g/mol. The maximum Gasteiger partial charge on any atom is 0.419 e. The van der Waals surface area contributed by atoms with Crippen LogP contribution >= 0.6 is 0 Å². The molecule has 0 radical (unpaired) electrons. The number of aliphatic hydroxyl groups excluding tert-OH is 2. The monoisotopic (exact) mass is 588 g/mol. The summed E-state index contributed by atoms with van der Waals surface area (Å²) < 4.78 is 15.5. The van der Waals surface area contributed by atoms with Crippen molar-refractivity contribution >= 4 is 18.2 Å². The van der Waals surface area contributed by atoms with Gasteiger partial charge in [0, 0.05) is 64.2 Å². The second-order valence-corrected chi connectivity index (χ2v) is 8.67. The van der Waals surface area contributed by atoms with Gasteiger partial charge in [-0.2, -0.15) is 0 Å². The van der Waals surface area contributed by atoms with E-state index < -0.39 is 12.2 Å². The lowest BCUT2D eigenvalue weighted by Crippen LogP contribution is -2.15. The molecule has 15 heteroatoms. The normalized spacial score (nSPS) is 10.1. The largest absolute Gasteiger partial charge is 0.449 e. The standard InChI is InChI=1S/C14H18N4O4.C7H6N4O.C6H14O2.H2/c19-13(17-7-5-15-11-17)21-9-3-1-2-4-10-22-14(20)18-8-6-16-12-18;12-7(10-3-1-8-5-10)11-4-2-9-6-11;7-5-3-1-2-4-6-8;/h5-8,11-12H,1-4,9-10H2;1-6H;7-8H,1-6H2;1H. The topological polar surface area (TPSA) is 181 Å². The SMILES string of the molecule is O=C(OCCCCCCOC(=O)n1ccnc1)n1ccnc1.O=C(n1ccnc1)n1ccnc1.OCCCCCCO.[HH]. The van der Waals surface area contributed by atoms with Gasteiger partial charge in [-0.3, -0.25) is 9.13 Å². The third-order valence-corrected chi connectivity index (χ3v) is 5.44. The number of unbranched alkanes of at least 4 members (excludes halogenated alkanes) is 6. The smallest absolute Gasteiger partial charge is 0.419 e. The van der Waals surface area contributed by atoms with Crippen LogP contribution < -0.4 is 0 Å². The molecule has 4 aromatic heterocycles. The summed E-state index contributed by atoms with van der Waals surface area (Å²) in [6, 6.07) is -0.190. The Balaban J connectivity index is 0.000000369. The number of hydrogen-bond acceptors (Lipinski definition) is 11. The van der Waals surface area contributed by atoms with Crippen LogP contribution in [-0.2, 0) is 9.47 Å². The summed E-state index contributed by atoms with van der Waals surface area (Å²) in [7, 11) is 0. The first-order chi connectivity index (χ1) is 20.6. The zero-order valence-corrected chi connectivity index (χ0v) is 23.4. The fourth-order valence-corrected chi connectivity index (χ4v) is 3.21. The van der Waals surface area contributed by atoms with Gasteiger partial charge in [0.15, 0.2) is 0 Å². The van der Waals surface area contributed by atoms with E-state index in [4.69, 9.17) is 19.7 Å². The number of aliphatic hydroxyl groups is 2. The molecule has 0 spiro atoms. The number of rotatable bonds is 12. The van der Waals surface area contributed by atoms with E-state index in [1.54, 1.807) is 24.8 Å². The molecule has 0 aliphatic carbocycles. The summed E-state index contributed by atoms with van der Waals surface area (Å²) in [5, 5.41) is 16.6. The summed E-state index contributed by atoms with van der Waals surface area (Å²) in [4.78, 5) is 49.4. The number of imidazole rings is 4. The average Bonchev–Trinajstić information content (AvgIpc) is 3.85. The van der Waals surface area contributed by atoms with Gasteiger partial charge in [-0.25, -0.2) is 43.5 Å². The molecule has 230 valence electrons. The first-order valence-electron chi connectivity index (χ1n) is 13.6. The van der Waals surface area contributed by atoms with Crippen molar-refractivity contribution in [3.05, 3.63) is 74.9 Å². The summed E-state index contributed by atoms with van der Waals surface area (Å²) in [5.74, 6) is 0. The first kappa shape index (κ1) is 33.6.